The fourth-order valence-corrected chi connectivity index (χ4v) is 1.83. The molecule has 1 heterocycles. The lowest BCUT2D eigenvalue weighted by Crippen LogP contribution is -2.33. The van der Waals surface area contributed by atoms with E-state index in [0.717, 1.165) is 13.0 Å². The van der Waals surface area contributed by atoms with Gasteiger partial charge in [-0.1, -0.05) is 0 Å². The second-order valence-corrected chi connectivity index (χ2v) is 4.60. The first-order valence-corrected chi connectivity index (χ1v) is 6.62. The van der Waals surface area contributed by atoms with Gasteiger partial charge in [-0.15, -0.1) is 11.6 Å². The smallest absolute Gasteiger partial charge is 0.239 e. The number of benzene rings is 1. The number of ether oxygens (including phenoxy) is 1. The highest BCUT2D eigenvalue weighted by Crippen LogP contribution is 2.26. The number of hydrogen-bond acceptors (Lipinski definition) is 4. The Kier molecular flexibility index (Phi) is 4.77. The van der Waals surface area contributed by atoms with Crippen LogP contribution in [0.15, 0.2) is 12.1 Å². The Hall–Kier alpha value is -1.84. The minimum absolute atomic E-state index is 0.0882. The van der Waals surface area contributed by atoms with E-state index >= 15 is 0 Å². The summed E-state index contributed by atoms with van der Waals surface area (Å²) in [6, 6.07) is 4.19. The molecule has 0 bridgehead atoms. The summed E-state index contributed by atoms with van der Waals surface area (Å²) in [7, 11) is 0. The predicted molar refractivity (Wildman–Crippen MR) is 73.3 cm³/mol. The minimum Gasteiger partial charge on any atom is -0.381 e. The molecule has 7 heteroatoms. The maximum atomic E-state index is 13.6. The number of halogens is 2. The van der Waals surface area contributed by atoms with E-state index in [9.17, 15) is 9.18 Å². The van der Waals surface area contributed by atoms with E-state index in [0.29, 0.717) is 17.9 Å². The van der Waals surface area contributed by atoms with Crippen molar-refractivity contribution in [1.82, 2.24) is 0 Å². The van der Waals surface area contributed by atoms with Gasteiger partial charge in [0.1, 0.15) is 17.8 Å². The van der Waals surface area contributed by atoms with Crippen LogP contribution >= 0.6 is 11.6 Å². The third-order valence-corrected chi connectivity index (χ3v) is 3.18. The molecule has 1 fully saturated rings. The Morgan fingerprint density at radius 2 is 2.30 bits per heavy atom. The van der Waals surface area contributed by atoms with E-state index in [1.165, 1.54) is 12.1 Å². The van der Waals surface area contributed by atoms with Crippen molar-refractivity contribution in [1.29, 1.82) is 5.26 Å². The lowest BCUT2D eigenvalue weighted by Gasteiger charge is -2.27. The summed E-state index contributed by atoms with van der Waals surface area (Å²) >= 11 is 5.43. The summed E-state index contributed by atoms with van der Waals surface area (Å²) in [6.07, 6.45) is 1.03. The monoisotopic (exact) mass is 297 g/mol. The van der Waals surface area contributed by atoms with Gasteiger partial charge in [0.05, 0.1) is 23.0 Å². The lowest BCUT2D eigenvalue weighted by atomic mass is 10.1. The van der Waals surface area contributed by atoms with Crippen molar-refractivity contribution in [3.63, 3.8) is 0 Å². The summed E-state index contributed by atoms with van der Waals surface area (Å²) < 4.78 is 18.9. The Morgan fingerprint density at radius 1 is 1.55 bits per heavy atom. The highest BCUT2D eigenvalue weighted by Gasteiger charge is 2.19. The molecule has 1 amide bonds. The van der Waals surface area contributed by atoms with Crippen molar-refractivity contribution in [3.05, 3.63) is 23.5 Å². The maximum Gasteiger partial charge on any atom is 0.239 e. The SMILES string of the molecule is N#Cc1cc(NC(=O)CCl)c(NCC2CCO2)cc1F. The summed E-state index contributed by atoms with van der Waals surface area (Å²) in [4.78, 5) is 11.4. The Bertz CT molecular complexity index is 555. The number of carbonyl (C=O) groups excluding carboxylic acids is 1. The van der Waals surface area contributed by atoms with Crippen LogP contribution in [0.5, 0.6) is 0 Å². The quantitative estimate of drug-likeness (QED) is 0.816. The molecule has 1 aliphatic rings. The van der Waals surface area contributed by atoms with Crippen LogP contribution in [0.3, 0.4) is 0 Å². The Labute approximate surface area is 120 Å². The largest absolute Gasteiger partial charge is 0.381 e. The molecule has 1 atom stereocenters. The molecule has 2 N–H and O–H groups in total. The molecule has 20 heavy (non-hydrogen) atoms. The number of nitrogens with one attached hydrogen (secondary N) is 2. The van der Waals surface area contributed by atoms with E-state index in [2.05, 4.69) is 10.6 Å². The van der Waals surface area contributed by atoms with Crippen LogP contribution in [0.2, 0.25) is 0 Å². The van der Waals surface area contributed by atoms with Gasteiger partial charge in [0.25, 0.3) is 0 Å². The first-order chi connectivity index (χ1) is 9.63. The highest BCUT2D eigenvalue weighted by molar-refractivity contribution is 6.29. The van der Waals surface area contributed by atoms with Gasteiger partial charge in [-0.2, -0.15) is 5.26 Å². The average Bonchev–Trinajstić information content (AvgIpc) is 2.39. The van der Waals surface area contributed by atoms with Gasteiger partial charge in [0.2, 0.25) is 5.91 Å². The number of nitrogens with zero attached hydrogens (tertiary/aromatic N) is 1. The van der Waals surface area contributed by atoms with Crippen LogP contribution in [0.1, 0.15) is 12.0 Å². The molecular formula is C13H13ClFN3O2. The van der Waals surface area contributed by atoms with Crippen molar-refractivity contribution >= 4 is 28.9 Å². The number of alkyl halides is 1. The van der Waals surface area contributed by atoms with E-state index in [1.54, 1.807) is 6.07 Å². The fraction of sp³-hybridized carbons (Fsp3) is 0.385. The van der Waals surface area contributed by atoms with E-state index in [1.807, 2.05) is 0 Å². The van der Waals surface area contributed by atoms with Crippen LogP contribution in [-0.4, -0.2) is 31.0 Å². The summed E-state index contributed by atoms with van der Waals surface area (Å²) in [6.45, 7) is 1.24. The second-order valence-electron chi connectivity index (χ2n) is 4.33. The summed E-state index contributed by atoms with van der Waals surface area (Å²) in [5, 5.41) is 14.4. The summed E-state index contributed by atoms with van der Waals surface area (Å²) in [5.74, 6) is -1.29. The topological polar surface area (TPSA) is 74.2 Å². The number of anilines is 2. The van der Waals surface area contributed by atoms with Gasteiger partial charge in [0, 0.05) is 19.2 Å². The zero-order chi connectivity index (χ0) is 14.5. The number of hydrogen-bond donors (Lipinski definition) is 2. The first kappa shape index (κ1) is 14.6. The van der Waals surface area contributed by atoms with Crippen LogP contribution in [0.25, 0.3) is 0 Å². The van der Waals surface area contributed by atoms with Gasteiger partial charge >= 0.3 is 0 Å². The molecule has 0 aliphatic carbocycles. The molecular weight excluding hydrogens is 285 g/mol. The number of nitriles is 1. The van der Waals surface area contributed by atoms with Gasteiger partial charge in [-0.3, -0.25) is 4.79 Å². The molecule has 1 unspecified atom stereocenters. The third kappa shape index (κ3) is 3.38. The zero-order valence-electron chi connectivity index (χ0n) is 10.6. The molecule has 0 spiro atoms. The number of rotatable bonds is 5. The molecule has 106 valence electrons. The van der Waals surface area contributed by atoms with Gasteiger partial charge in [-0.25, -0.2) is 4.39 Å². The standard InChI is InChI=1S/C13H13ClFN3O2/c14-5-13(19)18-12-3-8(6-16)10(15)4-11(12)17-7-9-1-2-20-9/h3-4,9,17H,1-2,5,7H2,(H,18,19). The van der Waals surface area contributed by atoms with Crippen molar-refractivity contribution in [2.24, 2.45) is 0 Å². The van der Waals surface area contributed by atoms with Crippen LogP contribution in [0, 0.1) is 17.1 Å². The molecule has 0 saturated carbocycles. The number of amides is 1. The van der Waals surface area contributed by atoms with Crippen molar-refractivity contribution < 1.29 is 13.9 Å². The zero-order valence-corrected chi connectivity index (χ0v) is 11.3. The maximum absolute atomic E-state index is 13.6. The van der Waals surface area contributed by atoms with Crippen LogP contribution < -0.4 is 10.6 Å². The first-order valence-electron chi connectivity index (χ1n) is 6.09. The second kappa shape index (κ2) is 6.55. The van der Waals surface area contributed by atoms with Crippen LogP contribution in [-0.2, 0) is 9.53 Å². The highest BCUT2D eigenvalue weighted by atomic mass is 35.5. The molecule has 0 aromatic heterocycles. The fourth-order valence-electron chi connectivity index (χ4n) is 1.76. The van der Waals surface area contributed by atoms with Gasteiger partial charge in [0.15, 0.2) is 0 Å². The molecule has 1 aromatic carbocycles. The lowest BCUT2D eigenvalue weighted by molar-refractivity contribution is -0.113. The van der Waals surface area contributed by atoms with E-state index in [4.69, 9.17) is 21.6 Å². The Morgan fingerprint density at radius 3 is 2.85 bits per heavy atom. The van der Waals surface area contributed by atoms with E-state index in [-0.39, 0.29) is 17.5 Å². The average molecular weight is 298 g/mol. The Balaban J connectivity index is 2.19. The van der Waals surface area contributed by atoms with Gasteiger partial charge in [-0.05, 0) is 12.5 Å². The predicted octanol–water partition coefficient (Wildman–Crippen LogP) is 2.08. The molecule has 1 aromatic rings. The van der Waals surface area contributed by atoms with Gasteiger partial charge < -0.3 is 15.4 Å². The van der Waals surface area contributed by atoms with Crippen molar-refractivity contribution in [2.75, 3.05) is 29.7 Å². The van der Waals surface area contributed by atoms with Crippen molar-refractivity contribution in [2.45, 2.75) is 12.5 Å². The molecule has 1 aliphatic heterocycles. The minimum atomic E-state index is -0.645. The van der Waals surface area contributed by atoms with Crippen LogP contribution in [0.4, 0.5) is 15.8 Å². The molecule has 1 saturated heterocycles. The third-order valence-electron chi connectivity index (χ3n) is 2.94. The number of carbonyl (C=O) groups is 1. The van der Waals surface area contributed by atoms with Crippen molar-refractivity contribution in [3.8, 4) is 6.07 Å². The molecule has 5 nitrogen and oxygen atoms in total. The molecule has 0 radical (unpaired) electrons. The summed E-state index contributed by atoms with van der Waals surface area (Å²) in [5.41, 5.74) is 0.587. The molecule has 2 rings (SSSR count). The normalized spacial score (nSPS) is 16.9. The van der Waals surface area contributed by atoms with E-state index < -0.39 is 11.7 Å².